The number of ether oxygens (including phenoxy) is 4. The zero-order valence-corrected chi connectivity index (χ0v) is 27.0. The van der Waals surface area contributed by atoms with Gasteiger partial charge in [-0.05, 0) is 84.9 Å². The van der Waals surface area contributed by atoms with Gasteiger partial charge in [0, 0.05) is 22.3 Å². The van der Waals surface area contributed by atoms with Gasteiger partial charge in [-0.25, -0.2) is 14.0 Å². The highest BCUT2D eigenvalue weighted by Crippen LogP contribution is 2.38. The molecule has 0 bridgehead atoms. The Morgan fingerprint density at radius 3 is 2.00 bits per heavy atom. The molecule has 1 heterocycles. The van der Waals surface area contributed by atoms with Crippen molar-refractivity contribution in [2.24, 2.45) is 0 Å². The summed E-state index contributed by atoms with van der Waals surface area (Å²) in [6.07, 6.45) is -3.39. The number of imide groups is 1. The second-order valence-corrected chi connectivity index (χ2v) is 12.2. The SMILES string of the molecule is COc1ccc(NC(=O)c2cc(OC(C)c3c(Cl)ccc(F)c3Cl)c(N(C(=O)OC(C)(C)C)C(=O)OC(C)(C)C)nn2)cc1. The molecule has 11 nitrogen and oxygen atoms in total. The van der Waals surface area contributed by atoms with Crippen LogP contribution in [0.15, 0.2) is 42.5 Å². The molecule has 1 aromatic heterocycles. The standard InChI is InChI=1S/C30H33Cl2FN4O7/c1-16(23-19(31)13-14-20(33)24(23)32)42-22-15-21(26(38)34-17-9-11-18(41-8)12-10-17)35-36-25(22)37(27(39)43-29(2,3)4)28(40)44-30(5,6)7/h9-16H,1-8H3,(H,34,38). The first-order valence-corrected chi connectivity index (χ1v) is 14.0. The van der Waals surface area contributed by atoms with Crippen LogP contribution in [0, 0.1) is 5.82 Å². The van der Waals surface area contributed by atoms with Gasteiger partial charge in [0.25, 0.3) is 5.91 Å². The molecule has 2 aromatic carbocycles. The fraction of sp³-hybridized carbons (Fsp3) is 0.367. The number of halogens is 3. The van der Waals surface area contributed by atoms with Crippen LogP contribution < -0.4 is 19.7 Å². The maximum absolute atomic E-state index is 14.4. The quantitative estimate of drug-likeness (QED) is 0.253. The van der Waals surface area contributed by atoms with Crippen molar-refractivity contribution in [2.75, 3.05) is 17.3 Å². The van der Waals surface area contributed by atoms with E-state index >= 15 is 0 Å². The number of aromatic nitrogens is 2. The lowest BCUT2D eigenvalue weighted by Gasteiger charge is -2.29. The molecule has 3 aromatic rings. The molecule has 0 saturated heterocycles. The van der Waals surface area contributed by atoms with Gasteiger partial charge in [0.15, 0.2) is 11.4 Å². The van der Waals surface area contributed by atoms with Crippen molar-refractivity contribution in [3.05, 3.63) is 69.6 Å². The van der Waals surface area contributed by atoms with Gasteiger partial charge >= 0.3 is 12.2 Å². The molecule has 3 amide bonds. The van der Waals surface area contributed by atoms with Crippen LogP contribution in [0.2, 0.25) is 10.0 Å². The smallest absolute Gasteiger partial charge is 0.425 e. The summed E-state index contributed by atoms with van der Waals surface area (Å²) in [5.41, 5.74) is -1.82. The molecule has 3 rings (SSSR count). The van der Waals surface area contributed by atoms with Crippen molar-refractivity contribution in [3.63, 3.8) is 0 Å². The van der Waals surface area contributed by atoms with E-state index in [9.17, 15) is 18.8 Å². The van der Waals surface area contributed by atoms with E-state index in [0.29, 0.717) is 16.3 Å². The predicted molar refractivity (Wildman–Crippen MR) is 163 cm³/mol. The molecule has 1 unspecified atom stereocenters. The molecule has 44 heavy (non-hydrogen) atoms. The number of methoxy groups -OCH3 is 1. The first kappa shape index (κ1) is 34.3. The summed E-state index contributed by atoms with van der Waals surface area (Å²) in [5, 5.41) is 10.4. The van der Waals surface area contributed by atoms with Crippen molar-refractivity contribution in [3.8, 4) is 11.5 Å². The van der Waals surface area contributed by atoms with Gasteiger partial charge in [-0.3, -0.25) is 4.79 Å². The number of rotatable bonds is 7. The fourth-order valence-electron chi connectivity index (χ4n) is 3.62. The molecule has 236 valence electrons. The monoisotopic (exact) mass is 650 g/mol. The second kappa shape index (κ2) is 13.6. The van der Waals surface area contributed by atoms with E-state index in [1.54, 1.807) is 65.8 Å². The molecular weight excluding hydrogens is 618 g/mol. The number of carbonyl (C=O) groups excluding carboxylic acids is 3. The Morgan fingerprint density at radius 1 is 0.909 bits per heavy atom. The maximum Gasteiger partial charge on any atom is 0.425 e. The molecule has 0 aliphatic heterocycles. The summed E-state index contributed by atoms with van der Waals surface area (Å²) in [6.45, 7) is 11.1. The van der Waals surface area contributed by atoms with Crippen LogP contribution in [0.5, 0.6) is 11.5 Å². The third-order valence-corrected chi connectivity index (χ3v) is 6.19. The average molecular weight is 652 g/mol. The Morgan fingerprint density at radius 2 is 1.48 bits per heavy atom. The van der Waals surface area contributed by atoms with Gasteiger partial charge in [0.05, 0.1) is 12.1 Å². The highest BCUT2D eigenvalue weighted by molar-refractivity contribution is 6.36. The Bertz CT molecular complexity index is 1510. The van der Waals surface area contributed by atoms with Gasteiger partial charge in [-0.2, -0.15) is 4.90 Å². The van der Waals surface area contributed by atoms with Crippen LogP contribution in [0.25, 0.3) is 0 Å². The average Bonchev–Trinajstić information content (AvgIpc) is 2.90. The number of anilines is 2. The normalized spacial score (nSPS) is 12.2. The summed E-state index contributed by atoms with van der Waals surface area (Å²) in [6, 6.07) is 10.1. The first-order valence-electron chi connectivity index (χ1n) is 13.3. The van der Waals surface area contributed by atoms with E-state index in [1.165, 1.54) is 20.1 Å². The lowest BCUT2D eigenvalue weighted by molar-refractivity contribution is 0.0425. The molecule has 0 radical (unpaired) electrons. The molecule has 0 spiro atoms. The van der Waals surface area contributed by atoms with Crippen molar-refractivity contribution in [1.29, 1.82) is 0 Å². The molecule has 14 heteroatoms. The van der Waals surface area contributed by atoms with Crippen molar-refractivity contribution in [2.45, 2.75) is 65.8 Å². The Balaban J connectivity index is 2.14. The zero-order valence-electron chi connectivity index (χ0n) is 25.5. The molecule has 0 fully saturated rings. The largest absolute Gasteiger partial charge is 0.497 e. The third kappa shape index (κ3) is 8.93. The van der Waals surface area contributed by atoms with Gasteiger partial charge in [-0.1, -0.05) is 23.2 Å². The van der Waals surface area contributed by atoms with Crippen LogP contribution in [0.3, 0.4) is 0 Å². The highest BCUT2D eigenvalue weighted by atomic mass is 35.5. The van der Waals surface area contributed by atoms with Crippen LogP contribution >= 0.6 is 23.2 Å². The maximum atomic E-state index is 14.4. The molecule has 0 saturated carbocycles. The second-order valence-electron chi connectivity index (χ2n) is 11.4. The third-order valence-electron chi connectivity index (χ3n) is 5.47. The first-order chi connectivity index (χ1) is 20.4. The Hall–Kier alpha value is -4.16. The number of nitrogens with zero attached hydrogens (tertiary/aromatic N) is 3. The molecular formula is C30H33Cl2FN4O7. The van der Waals surface area contributed by atoms with Crippen LogP contribution in [0.4, 0.5) is 25.5 Å². The number of hydrogen-bond acceptors (Lipinski definition) is 9. The predicted octanol–water partition coefficient (Wildman–Crippen LogP) is 8.00. The van der Waals surface area contributed by atoms with E-state index in [0.717, 1.165) is 12.1 Å². The summed E-state index contributed by atoms with van der Waals surface area (Å²) in [7, 11) is 1.51. The van der Waals surface area contributed by atoms with Gasteiger partial charge in [-0.15, -0.1) is 10.2 Å². The van der Waals surface area contributed by atoms with E-state index in [4.69, 9.17) is 42.1 Å². The van der Waals surface area contributed by atoms with Gasteiger partial charge in [0.2, 0.25) is 5.82 Å². The molecule has 0 aliphatic rings. The van der Waals surface area contributed by atoms with Crippen LogP contribution in [-0.2, 0) is 9.47 Å². The fourth-order valence-corrected chi connectivity index (χ4v) is 4.30. The lowest BCUT2D eigenvalue weighted by atomic mass is 10.1. The van der Waals surface area contributed by atoms with E-state index < -0.39 is 47.0 Å². The summed E-state index contributed by atoms with van der Waals surface area (Å²) in [4.78, 5) is 40.4. The number of amides is 3. The minimum Gasteiger partial charge on any atom is -0.497 e. The number of nitrogens with one attached hydrogen (secondary N) is 1. The van der Waals surface area contributed by atoms with Crippen molar-refractivity contribution >= 4 is 52.8 Å². The Labute approximate surface area is 264 Å². The van der Waals surface area contributed by atoms with Gasteiger partial charge in [0.1, 0.15) is 28.9 Å². The summed E-state index contributed by atoms with van der Waals surface area (Å²) >= 11 is 12.5. The van der Waals surface area contributed by atoms with E-state index in [1.807, 2.05) is 0 Å². The van der Waals surface area contributed by atoms with E-state index in [2.05, 4.69) is 15.5 Å². The minimum atomic E-state index is -1.16. The van der Waals surface area contributed by atoms with Crippen LogP contribution in [-0.4, -0.2) is 46.6 Å². The lowest BCUT2D eigenvalue weighted by Crippen LogP contribution is -2.44. The van der Waals surface area contributed by atoms with Gasteiger partial charge < -0.3 is 24.3 Å². The Kier molecular flexibility index (Phi) is 10.6. The number of carbonyl (C=O) groups is 3. The molecule has 0 aliphatic carbocycles. The van der Waals surface area contributed by atoms with Crippen molar-refractivity contribution < 1.29 is 37.7 Å². The summed E-state index contributed by atoms with van der Waals surface area (Å²) in [5.74, 6) is -1.63. The molecule has 1 atom stereocenters. The molecule has 1 N–H and O–H groups in total. The topological polar surface area (TPSA) is 129 Å². The number of benzene rings is 2. The summed E-state index contributed by atoms with van der Waals surface area (Å²) < 4.78 is 36.5. The van der Waals surface area contributed by atoms with Crippen LogP contribution in [0.1, 0.15) is 70.6 Å². The highest BCUT2D eigenvalue weighted by Gasteiger charge is 2.37. The minimum absolute atomic E-state index is 0.0708. The zero-order chi connectivity index (χ0) is 33.0. The number of hydrogen-bond donors (Lipinski definition) is 1. The van der Waals surface area contributed by atoms with Crippen molar-refractivity contribution in [1.82, 2.24) is 10.2 Å². The van der Waals surface area contributed by atoms with E-state index in [-0.39, 0.29) is 27.1 Å².